The van der Waals surface area contributed by atoms with Crippen LogP contribution in [0.15, 0.2) is 22.2 Å². The van der Waals surface area contributed by atoms with Gasteiger partial charge in [0.25, 0.3) is 5.56 Å². The van der Waals surface area contributed by atoms with Crippen LogP contribution in [-0.4, -0.2) is 59.7 Å². The number of anilines is 1. The first kappa shape index (κ1) is 18.7. The summed E-state index contributed by atoms with van der Waals surface area (Å²) in [4.78, 5) is 25.9. The molecule has 1 N–H and O–H groups in total. The number of piperazine rings is 1. The Labute approximate surface area is 156 Å². The van der Waals surface area contributed by atoms with Crippen molar-refractivity contribution in [3.8, 4) is 0 Å². The lowest BCUT2D eigenvalue weighted by Gasteiger charge is -2.37. The maximum absolute atomic E-state index is 12.3. The zero-order valence-corrected chi connectivity index (χ0v) is 16.4. The number of aromatic nitrogens is 2. The van der Waals surface area contributed by atoms with Crippen LogP contribution in [0.3, 0.4) is 0 Å². The molecule has 3 rings (SSSR count). The molecule has 0 unspecified atom stereocenters. The Morgan fingerprint density at radius 3 is 2.62 bits per heavy atom. The zero-order valence-electron chi connectivity index (χ0n) is 16.4. The molecule has 2 aliphatic rings. The van der Waals surface area contributed by atoms with Gasteiger partial charge in [0.2, 0.25) is 0 Å². The van der Waals surface area contributed by atoms with Crippen LogP contribution in [0.4, 0.5) is 5.82 Å². The van der Waals surface area contributed by atoms with Crippen molar-refractivity contribution in [2.75, 3.05) is 44.2 Å². The molecule has 1 saturated carbocycles. The van der Waals surface area contributed by atoms with Crippen molar-refractivity contribution in [2.45, 2.75) is 39.5 Å². The Kier molecular flexibility index (Phi) is 5.84. The van der Waals surface area contributed by atoms with Gasteiger partial charge in [0, 0.05) is 58.7 Å². The van der Waals surface area contributed by atoms with Gasteiger partial charge in [0.05, 0.1) is 0 Å². The van der Waals surface area contributed by atoms with Gasteiger partial charge in [-0.2, -0.15) is 0 Å². The summed E-state index contributed by atoms with van der Waals surface area (Å²) in [6, 6.07) is 0. The summed E-state index contributed by atoms with van der Waals surface area (Å²) in [5.74, 6) is 1.56. The Bertz CT molecular complexity index is 684. The van der Waals surface area contributed by atoms with Gasteiger partial charge in [-0.15, -0.1) is 0 Å². The molecule has 1 aliphatic carbocycles. The van der Waals surface area contributed by atoms with Crippen LogP contribution in [0.5, 0.6) is 0 Å². The van der Waals surface area contributed by atoms with E-state index in [0.717, 1.165) is 45.2 Å². The summed E-state index contributed by atoms with van der Waals surface area (Å²) in [6.07, 6.45) is 8.62. The van der Waals surface area contributed by atoms with Gasteiger partial charge in [0.15, 0.2) is 11.8 Å². The number of aryl methyl sites for hydroxylation is 1. The number of hydrogen-bond donors (Lipinski definition) is 1. The highest BCUT2D eigenvalue weighted by molar-refractivity contribution is 5.80. The van der Waals surface area contributed by atoms with Gasteiger partial charge in [-0.1, -0.05) is 19.8 Å². The predicted molar refractivity (Wildman–Crippen MR) is 106 cm³/mol. The van der Waals surface area contributed by atoms with E-state index in [4.69, 9.17) is 4.99 Å². The van der Waals surface area contributed by atoms with Gasteiger partial charge < -0.3 is 19.7 Å². The Balaban J connectivity index is 1.64. The van der Waals surface area contributed by atoms with Gasteiger partial charge in [0.1, 0.15) is 0 Å². The van der Waals surface area contributed by atoms with E-state index in [1.165, 1.54) is 25.7 Å². The minimum atomic E-state index is -0.0318. The highest BCUT2D eigenvalue weighted by atomic mass is 16.1. The van der Waals surface area contributed by atoms with E-state index < -0.39 is 0 Å². The van der Waals surface area contributed by atoms with Crippen molar-refractivity contribution in [2.24, 2.45) is 17.5 Å². The van der Waals surface area contributed by atoms with Crippen LogP contribution in [0, 0.1) is 5.41 Å². The monoisotopic (exact) mass is 360 g/mol. The Morgan fingerprint density at radius 2 is 1.96 bits per heavy atom. The van der Waals surface area contributed by atoms with E-state index in [1.54, 1.807) is 24.0 Å². The average molecular weight is 361 g/mol. The highest BCUT2D eigenvalue weighted by Crippen LogP contribution is 2.37. The van der Waals surface area contributed by atoms with Crippen molar-refractivity contribution < 1.29 is 0 Å². The van der Waals surface area contributed by atoms with Crippen LogP contribution in [0.25, 0.3) is 0 Å². The second-order valence-corrected chi connectivity index (χ2v) is 7.83. The lowest BCUT2D eigenvalue weighted by molar-refractivity contribution is 0.338. The topological polar surface area (TPSA) is 65.8 Å². The molecule has 26 heavy (non-hydrogen) atoms. The van der Waals surface area contributed by atoms with E-state index in [9.17, 15) is 4.79 Å². The molecule has 1 saturated heterocycles. The molecule has 144 valence electrons. The summed E-state index contributed by atoms with van der Waals surface area (Å²) in [5.41, 5.74) is 0.332. The Morgan fingerprint density at radius 1 is 1.27 bits per heavy atom. The van der Waals surface area contributed by atoms with E-state index in [2.05, 4.69) is 33.9 Å². The molecule has 2 heterocycles. The molecular weight excluding hydrogens is 328 g/mol. The first-order chi connectivity index (χ1) is 12.5. The first-order valence-corrected chi connectivity index (χ1v) is 9.82. The number of rotatable bonds is 4. The second kappa shape index (κ2) is 8.10. The van der Waals surface area contributed by atoms with Crippen molar-refractivity contribution in [1.29, 1.82) is 0 Å². The minimum Gasteiger partial charge on any atom is -0.357 e. The maximum Gasteiger partial charge on any atom is 0.293 e. The van der Waals surface area contributed by atoms with Crippen molar-refractivity contribution in [3.05, 3.63) is 22.7 Å². The van der Waals surface area contributed by atoms with Crippen molar-refractivity contribution >= 4 is 11.8 Å². The van der Waals surface area contributed by atoms with Crippen LogP contribution in [-0.2, 0) is 7.05 Å². The van der Waals surface area contributed by atoms with Gasteiger partial charge in [-0.25, -0.2) is 4.98 Å². The zero-order chi connectivity index (χ0) is 18.6. The number of hydrogen-bond acceptors (Lipinski definition) is 4. The first-order valence-electron chi connectivity index (χ1n) is 9.82. The molecule has 0 radical (unpaired) electrons. The average Bonchev–Trinajstić information content (AvgIpc) is 3.08. The fraction of sp³-hybridized carbons (Fsp3) is 0.737. The van der Waals surface area contributed by atoms with Gasteiger partial charge >= 0.3 is 0 Å². The van der Waals surface area contributed by atoms with Crippen molar-refractivity contribution in [1.82, 2.24) is 19.8 Å². The Hall–Kier alpha value is -2.05. The molecule has 1 aromatic heterocycles. The van der Waals surface area contributed by atoms with Crippen LogP contribution >= 0.6 is 0 Å². The third kappa shape index (κ3) is 4.19. The SMILES string of the molecule is CCNC(=NCC1(C)CCCC1)N1CCN(c2nccn(C)c2=O)CC1. The molecule has 1 aliphatic heterocycles. The molecule has 0 bridgehead atoms. The fourth-order valence-electron chi connectivity index (χ4n) is 3.91. The predicted octanol–water partition coefficient (Wildman–Crippen LogP) is 1.45. The molecular formula is C19H32N6O. The highest BCUT2D eigenvalue weighted by Gasteiger charge is 2.29. The molecule has 0 spiro atoms. The number of nitrogens with one attached hydrogen (secondary N) is 1. The third-order valence-electron chi connectivity index (χ3n) is 5.63. The molecule has 0 amide bonds. The molecule has 7 nitrogen and oxygen atoms in total. The quantitative estimate of drug-likeness (QED) is 0.650. The molecule has 0 aromatic carbocycles. The number of guanidine groups is 1. The van der Waals surface area contributed by atoms with E-state index in [-0.39, 0.29) is 5.56 Å². The number of aliphatic imine (C=N–C) groups is 1. The van der Waals surface area contributed by atoms with Crippen LogP contribution in [0.1, 0.15) is 39.5 Å². The largest absolute Gasteiger partial charge is 0.357 e. The van der Waals surface area contributed by atoms with E-state index in [1.807, 2.05) is 0 Å². The third-order valence-corrected chi connectivity index (χ3v) is 5.63. The standard InChI is InChI=1S/C19H32N6O/c1-4-20-18(22-15-19(2)7-5-6-8-19)25-13-11-24(12-14-25)16-17(26)23(3)10-9-21-16/h9-10H,4-8,11-15H2,1-3H3,(H,20,22). The van der Waals surface area contributed by atoms with Crippen LogP contribution in [0.2, 0.25) is 0 Å². The second-order valence-electron chi connectivity index (χ2n) is 7.83. The summed E-state index contributed by atoms with van der Waals surface area (Å²) < 4.78 is 1.59. The summed E-state index contributed by atoms with van der Waals surface area (Å²) >= 11 is 0. The molecule has 1 aromatic rings. The fourth-order valence-corrected chi connectivity index (χ4v) is 3.91. The van der Waals surface area contributed by atoms with E-state index >= 15 is 0 Å². The maximum atomic E-state index is 12.3. The molecule has 7 heteroatoms. The lowest BCUT2D eigenvalue weighted by atomic mass is 9.89. The summed E-state index contributed by atoms with van der Waals surface area (Å²) in [7, 11) is 1.77. The molecule has 0 atom stereocenters. The van der Waals surface area contributed by atoms with Crippen molar-refractivity contribution in [3.63, 3.8) is 0 Å². The minimum absolute atomic E-state index is 0.0318. The normalized spacial score (nSPS) is 20.5. The number of nitrogens with zero attached hydrogens (tertiary/aromatic N) is 5. The summed E-state index contributed by atoms with van der Waals surface area (Å²) in [6.45, 7) is 9.52. The van der Waals surface area contributed by atoms with Gasteiger partial charge in [-0.05, 0) is 25.2 Å². The van der Waals surface area contributed by atoms with E-state index in [0.29, 0.717) is 11.2 Å². The lowest BCUT2D eigenvalue weighted by Crippen LogP contribution is -2.53. The molecule has 2 fully saturated rings. The smallest absolute Gasteiger partial charge is 0.293 e. The van der Waals surface area contributed by atoms with Gasteiger partial charge in [-0.3, -0.25) is 9.79 Å². The van der Waals surface area contributed by atoms with Crippen LogP contribution < -0.4 is 15.8 Å². The summed E-state index contributed by atoms with van der Waals surface area (Å²) in [5, 5.41) is 3.44.